The summed E-state index contributed by atoms with van der Waals surface area (Å²) >= 11 is 6.23. The van der Waals surface area contributed by atoms with Crippen LogP contribution in [0.25, 0.3) is 0 Å². The lowest BCUT2D eigenvalue weighted by atomic mass is 10.1. The lowest BCUT2D eigenvalue weighted by Gasteiger charge is -2.16. The van der Waals surface area contributed by atoms with E-state index >= 15 is 0 Å². The monoisotopic (exact) mass is 399 g/mol. The summed E-state index contributed by atoms with van der Waals surface area (Å²) in [5.41, 5.74) is 2.66. The molecule has 0 aliphatic heterocycles. The third kappa shape index (κ3) is 5.47. The molecule has 146 valence electrons. The van der Waals surface area contributed by atoms with Crippen LogP contribution in [0.5, 0.6) is 11.5 Å². The predicted octanol–water partition coefficient (Wildman–Crippen LogP) is 5.40. The van der Waals surface area contributed by atoms with E-state index in [1.165, 1.54) is 6.07 Å². The van der Waals surface area contributed by atoms with Crippen molar-refractivity contribution in [1.29, 1.82) is 0 Å². The van der Waals surface area contributed by atoms with Crippen molar-refractivity contribution in [3.8, 4) is 11.5 Å². The molecular formula is C23H23ClFNO2. The second-order valence-corrected chi connectivity index (χ2v) is 6.83. The van der Waals surface area contributed by atoms with Crippen LogP contribution in [0.4, 0.5) is 4.39 Å². The molecule has 0 saturated heterocycles. The maximum Gasteiger partial charge on any atom is 0.166 e. The van der Waals surface area contributed by atoms with Gasteiger partial charge >= 0.3 is 0 Å². The van der Waals surface area contributed by atoms with E-state index in [4.69, 9.17) is 21.1 Å². The van der Waals surface area contributed by atoms with Gasteiger partial charge < -0.3 is 14.8 Å². The molecule has 0 heterocycles. The molecule has 5 heteroatoms. The number of ether oxygens (including phenoxy) is 2. The maximum absolute atomic E-state index is 13.7. The van der Waals surface area contributed by atoms with Crippen molar-refractivity contribution in [2.24, 2.45) is 0 Å². The zero-order valence-electron chi connectivity index (χ0n) is 15.8. The quantitative estimate of drug-likeness (QED) is 0.489. The summed E-state index contributed by atoms with van der Waals surface area (Å²) in [6.07, 6.45) is 0.602. The average molecular weight is 400 g/mol. The molecular weight excluding hydrogens is 377 g/mol. The Balaban J connectivity index is 1.66. The maximum atomic E-state index is 13.7. The molecule has 0 bridgehead atoms. The predicted molar refractivity (Wildman–Crippen MR) is 111 cm³/mol. The molecule has 3 nitrogen and oxygen atoms in total. The summed E-state index contributed by atoms with van der Waals surface area (Å²) in [5.74, 6) is 1.07. The molecule has 0 fully saturated rings. The van der Waals surface area contributed by atoms with Crippen LogP contribution in [0.15, 0.2) is 66.7 Å². The van der Waals surface area contributed by atoms with Gasteiger partial charge in [-0.25, -0.2) is 4.39 Å². The van der Waals surface area contributed by atoms with Gasteiger partial charge in [0.25, 0.3) is 0 Å². The van der Waals surface area contributed by atoms with Crippen LogP contribution < -0.4 is 14.8 Å². The van der Waals surface area contributed by atoms with Gasteiger partial charge in [-0.05, 0) is 36.2 Å². The number of benzene rings is 3. The molecule has 3 aromatic carbocycles. The van der Waals surface area contributed by atoms with Crippen LogP contribution in [0.3, 0.4) is 0 Å². The highest BCUT2D eigenvalue weighted by Crippen LogP contribution is 2.35. The fourth-order valence-electron chi connectivity index (χ4n) is 2.95. The lowest BCUT2D eigenvalue weighted by Crippen LogP contribution is -2.18. The van der Waals surface area contributed by atoms with Gasteiger partial charge in [0.15, 0.2) is 11.5 Å². The summed E-state index contributed by atoms with van der Waals surface area (Å²) in [7, 11) is 1.59. The second kappa shape index (κ2) is 10.1. The fraction of sp³-hybridized carbons (Fsp3) is 0.217. The van der Waals surface area contributed by atoms with Gasteiger partial charge in [-0.15, -0.1) is 0 Å². The van der Waals surface area contributed by atoms with Gasteiger partial charge in [-0.3, -0.25) is 0 Å². The molecule has 3 aromatic rings. The van der Waals surface area contributed by atoms with Gasteiger partial charge in [0, 0.05) is 23.2 Å². The molecule has 0 aliphatic carbocycles. The van der Waals surface area contributed by atoms with Crippen molar-refractivity contribution >= 4 is 11.6 Å². The summed E-state index contributed by atoms with van der Waals surface area (Å²) in [4.78, 5) is 0. The molecule has 28 heavy (non-hydrogen) atoms. The first-order valence-corrected chi connectivity index (χ1v) is 9.52. The van der Waals surface area contributed by atoms with E-state index in [1.54, 1.807) is 25.3 Å². The van der Waals surface area contributed by atoms with Crippen molar-refractivity contribution in [2.45, 2.75) is 19.6 Å². The minimum absolute atomic E-state index is 0.180. The van der Waals surface area contributed by atoms with Crippen molar-refractivity contribution in [3.63, 3.8) is 0 Å². The Kier molecular flexibility index (Phi) is 7.29. The Morgan fingerprint density at radius 3 is 2.46 bits per heavy atom. The third-order valence-electron chi connectivity index (χ3n) is 4.39. The van der Waals surface area contributed by atoms with Crippen molar-refractivity contribution in [3.05, 3.63) is 94.3 Å². The number of hydrogen-bond donors (Lipinski definition) is 1. The molecule has 3 rings (SSSR count). The lowest BCUT2D eigenvalue weighted by molar-refractivity contribution is 0.280. The van der Waals surface area contributed by atoms with Crippen LogP contribution in [-0.4, -0.2) is 13.7 Å². The first kappa shape index (κ1) is 20.2. The summed E-state index contributed by atoms with van der Waals surface area (Å²) in [6.45, 7) is 1.60. The standard InChI is InChI=1S/C23H23ClFNO2/c1-27-22-14-20(24)13-19(23(22)28-16-17-7-3-2-4-8-17)15-26-12-11-18-9-5-6-10-21(18)25/h2-10,13-14,26H,11-12,15-16H2,1H3. The number of methoxy groups -OCH3 is 1. The SMILES string of the molecule is COc1cc(Cl)cc(CNCCc2ccccc2F)c1OCc1ccccc1. The Labute approximate surface area is 170 Å². The Bertz CT molecular complexity index is 902. The molecule has 0 aliphatic rings. The van der Waals surface area contributed by atoms with Crippen LogP contribution in [-0.2, 0) is 19.6 Å². The number of hydrogen-bond acceptors (Lipinski definition) is 3. The van der Waals surface area contributed by atoms with Crippen LogP contribution in [0.2, 0.25) is 5.02 Å². The zero-order valence-corrected chi connectivity index (χ0v) is 16.5. The van der Waals surface area contributed by atoms with E-state index < -0.39 is 0 Å². The highest BCUT2D eigenvalue weighted by Gasteiger charge is 2.13. The average Bonchev–Trinajstić information content (AvgIpc) is 2.72. The minimum atomic E-state index is -0.180. The topological polar surface area (TPSA) is 30.5 Å². The van der Waals surface area contributed by atoms with Crippen molar-refractivity contribution < 1.29 is 13.9 Å². The Morgan fingerprint density at radius 1 is 0.964 bits per heavy atom. The largest absolute Gasteiger partial charge is 0.493 e. The molecule has 0 saturated carbocycles. The Hall–Kier alpha value is -2.56. The fourth-order valence-corrected chi connectivity index (χ4v) is 3.18. The number of halogens is 2. The molecule has 0 radical (unpaired) electrons. The number of nitrogens with one attached hydrogen (secondary N) is 1. The van der Waals surface area contributed by atoms with Gasteiger partial charge in [0.2, 0.25) is 0 Å². The van der Waals surface area contributed by atoms with Gasteiger partial charge in [-0.2, -0.15) is 0 Å². The molecule has 0 aromatic heterocycles. The highest BCUT2D eigenvalue weighted by atomic mass is 35.5. The van der Waals surface area contributed by atoms with E-state index in [1.807, 2.05) is 42.5 Å². The minimum Gasteiger partial charge on any atom is -0.493 e. The molecule has 0 spiro atoms. The molecule has 0 unspecified atom stereocenters. The van der Waals surface area contributed by atoms with Gasteiger partial charge in [-0.1, -0.05) is 60.1 Å². The summed E-state index contributed by atoms with van der Waals surface area (Å²) in [6, 6.07) is 20.4. The van der Waals surface area contributed by atoms with E-state index in [0.29, 0.717) is 48.2 Å². The van der Waals surface area contributed by atoms with E-state index in [2.05, 4.69) is 5.32 Å². The first-order chi connectivity index (χ1) is 13.7. The van der Waals surface area contributed by atoms with E-state index in [9.17, 15) is 4.39 Å². The molecule has 1 N–H and O–H groups in total. The summed E-state index contributed by atoms with van der Waals surface area (Å²) in [5, 5.41) is 3.91. The van der Waals surface area contributed by atoms with Crippen molar-refractivity contribution in [2.75, 3.05) is 13.7 Å². The van der Waals surface area contributed by atoms with Crippen molar-refractivity contribution in [1.82, 2.24) is 5.32 Å². The molecule has 0 atom stereocenters. The van der Waals surface area contributed by atoms with Crippen LogP contribution >= 0.6 is 11.6 Å². The normalized spacial score (nSPS) is 10.7. The highest BCUT2D eigenvalue weighted by molar-refractivity contribution is 6.30. The summed E-state index contributed by atoms with van der Waals surface area (Å²) < 4.78 is 25.2. The van der Waals surface area contributed by atoms with Gasteiger partial charge in [0.05, 0.1) is 7.11 Å². The van der Waals surface area contributed by atoms with E-state index in [0.717, 1.165) is 11.1 Å². The van der Waals surface area contributed by atoms with E-state index in [-0.39, 0.29) is 5.82 Å². The first-order valence-electron chi connectivity index (χ1n) is 9.14. The zero-order chi connectivity index (χ0) is 19.8. The van der Waals surface area contributed by atoms with Crippen LogP contribution in [0, 0.1) is 5.82 Å². The Morgan fingerprint density at radius 2 is 1.71 bits per heavy atom. The third-order valence-corrected chi connectivity index (χ3v) is 4.61. The smallest absolute Gasteiger partial charge is 0.166 e. The second-order valence-electron chi connectivity index (χ2n) is 6.39. The number of rotatable bonds is 9. The van der Waals surface area contributed by atoms with Crippen LogP contribution in [0.1, 0.15) is 16.7 Å². The molecule has 0 amide bonds. The van der Waals surface area contributed by atoms with Gasteiger partial charge in [0.1, 0.15) is 12.4 Å².